The minimum absolute atomic E-state index is 0.218. The van der Waals surface area contributed by atoms with Crippen LogP contribution in [-0.2, 0) is 6.42 Å². The van der Waals surface area contributed by atoms with Gasteiger partial charge in [0.25, 0.3) is 0 Å². The molecule has 0 spiro atoms. The van der Waals surface area contributed by atoms with Crippen molar-refractivity contribution in [2.75, 3.05) is 18.7 Å². The van der Waals surface area contributed by atoms with E-state index in [9.17, 15) is 4.79 Å². The predicted molar refractivity (Wildman–Crippen MR) is 72.0 cm³/mol. The Bertz CT molecular complexity index is 595. The number of amides is 2. The standard InChI is InChI=1S/C14H14N2O4/c17-14(15-5-3-10-4-6-18-8-10)16-11-1-2-12-13(7-11)20-9-19-12/h1-2,4,6-8H,3,5,9H2,(H2,15,16,17). The second-order valence-corrected chi connectivity index (χ2v) is 4.33. The van der Waals surface area contributed by atoms with E-state index in [0.717, 1.165) is 12.0 Å². The van der Waals surface area contributed by atoms with Crippen molar-refractivity contribution in [3.63, 3.8) is 0 Å². The zero-order chi connectivity index (χ0) is 13.8. The highest BCUT2D eigenvalue weighted by Crippen LogP contribution is 2.34. The predicted octanol–water partition coefficient (Wildman–Crippen LogP) is 2.37. The molecule has 104 valence electrons. The van der Waals surface area contributed by atoms with Gasteiger partial charge < -0.3 is 24.5 Å². The fraction of sp³-hybridized carbons (Fsp3) is 0.214. The Morgan fingerprint density at radius 3 is 2.95 bits per heavy atom. The monoisotopic (exact) mass is 274 g/mol. The lowest BCUT2D eigenvalue weighted by molar-refractivity contribution is 0.174. The van der Waals surface area contributed by atoms with Crippen LogP contribution in [-0.4, -0.2) is 19.4 Å². The topological polar surface area (TPSA) is 72.7 Å². The molecule has 6 heteroatoms. The molecule has 1 aromatic carbocycles. The maximum absolute atomic E-state index is 11.7. The number of fused-ring (bicyclic) bond motifs is 1. The lowest BCUT2D eigenvalue weighted by Crippen LogP contribution is -2.30. The summed E-state index contributed by atoms with van der Waals surface area (Å²) in [5.41, 5.74) is 1.71. The number of hydrogen-bond donors (Lipinski definition) is 2. The van der Waals surface area contributed by atoms with Gasteiger partial charge in [-0.05, 0) is 30.2 Å². The van der Waals surface area contributed by atoms with E-state index in [4.69, 9.17) is 13.9 Å². The van der Waals surface area contributed by atoms with Crippen molar-refractivity contribution in [3.05, 3.63) is 42.4 Å². The number of urea groups is 1. The van der Waals surface area contributed by atoms with E-state index in [1.54, 1.807) is 30.7 Å². The summed E-state index contributed by atoms with van der Waals surface area (Å²) >= 11 is 0. The molecule has 2 aromatic rings. The molecule has 0 saturated carbocycles. The Balaban J connectivity index is 1.49. The number of carbonyl (C=O) groups is 1. The number of hydrogen-bond acceptors (Lipinski definition) is 4. The summed E-state index contributed by atoms with van der Waals surface area (Å²) in [6.45, 7) is 0.756. The van der Waals surface area contributed by atoms with Crippen LogP contribution in [0.3, 0.4) is 0 Å². The second-order valence-electron chi connectivity index (χ2n) is 4.33. The van der Waals surface area contributed by atoms with Crippen LogP contribution >= 0.6 is 0 Å². The van der Waals surface area contributed by atoms with Gasteiger partial charge in [0.05, 0.1) is 12.5 Å². The molecule has 20 heavy (non-hydrogen) atoms. The average Bonchev–Trinajstić information content (AvgIpc) is 3.08. The van der Waals surface area contributed by atoms with Crippen LogP contribution in [0.15, 0.2) is 41.2 Å². The van der Waals surface area contributed by atoms with Crippen LogP contribution in [0.4, 0.5) is 10.5 Å². The normalized spacial score (nSPS) is 12.2. The van der Waals surface area contributed by atoms with Crippen molar-refractivity contribution in [2.24, 2.45) is 0 Å². The van der Waals surface area contributed by atoms with Crippen LogP contribution in [0, 0.1) is 0 Å². The van der Waals surface area contributed by atoms with E-state index in [1.165, 1.54) is 0 Å². The molecular weight excluding hydrogens is 260 g/mol. The molecule has 1 aromatic heterocycles. The van der Waals surface area contributed by atoms with Crippen LogP contribution in [0.25, 0.3) is 0 Å². The summed E-state index contributed by atoms with van der Waals surface area (Å²) < 4.78 is 15.4. The Morgan fingerprint density at radius 2 is 2.10 bits per heavy atom. The quantitative estimate of drug-likeness (QED) is 0.897. The third-order valence-electron chi connectivity index (χ3n) is 2.91. The average molecular weight is 274 g/mol. The van der Waals surface area contributed by atoms with E-state index in [0.29, 0.717) is 23.7 Å². The van der Waals surface area contributed by atoms with Gasteiger partial charge in [-0.25, -0.2) is 4.79 Å². The summed E-state index contributed by atoms with van der Waals surface area (Å²) in [5, 5.41) is 5.52. The minimum atomic E-state index is -0.257. The van der Waals surface area contributed by atoms with Crippen molar-refractivity contribution < 1.29 is 18.7 Å². The van der Waals surface area contributed by atoms with Crippen molar-refractivity contribution in [3.8, 4) is 11.5 Å². The molecule has 0 aliphatic carbocycles. The van der Waals surface area contributed by atoms with E-state index in [1.807, 2.05) is 6.07 Å². The second kappa shape index (κ2) is 5.56. The fourth-order valence-electron chi connectivity index (χ4n) is 1.90. The molecule has 0 bridgehead atoms. The first kappa shape index (κ1) is 12.4. The number of carbonyl (C=O) groups excluding carboxylic acids is 1. The Labute approximate surface area is 115 Å². The maximum Gasteiger partial charge on any atom is 0.319 e. The van der Waals surface area contributed by atoms with Gasteiger partial charge in [-0.2, -0.15) is 0 Å². The maximum atomic E-state index is 11.7. The van der Waals surface area contributed by atoms with Gasteiger partial charge >= 0.3 is 6.03 Å². The van der Waals surface area contributed by atoms with Crippen LogP contribution < -0.4 is 20.1 Å². The van der Waals surface area contributed by atoms with E-state index >= 15 is 0 Å². The minimum Gasteiger partial charge on any atom is -0.472 e. The highest BCUT2D eigenvalue weighted by molar-refractivity contribution is 5.89. The summed E-state index contributed by atoms with van der Waals surface area (Å²) in [4.78, 5) is 11.7. The van der Waals surface area contributed by atoms with Gasteiger partial charge in [0.2, 0.25) is 6.79 Å². The van der Waals surface area contributed by atoms with Gasteiger partial charge in [0.15, 0.2) is 11.5 Å². The molecule has 0 saturated heterocycles. The molecule has 2 heterocycles. The molecule has 0 unspecified atom stereocenters. The lowest BCUT2D eigenvalue weighted by atomic mass is 10.2. The number of ether oxygens (including phenoxy) is 2. The van der Waals surface area contributed by atoms with Crippen molar-refractivity contribution >= 4 is 11.7 Å². The van der Waals surface area contributed by atoms with E-state index in [2.05, 4.69) is 10.6 Å². The highest BCUT2D eigenvalue weighted by Gasteiger charge is 2.13. The van der Waals surface area contributed by atoms with Gasteiger partial charge in [-0.15, -0.1) is 0 Å². The first-order chi connectivity index (χ1) is 9.81. The number of rotatable bonds is 4. The van der Waals surface area contributed by atoms with Crippen LogP contribution in [0.1, 0.15) is 5.56 Å². The fourth-order valence-corrected chi connectivity index (χ4v) is 1.90. The number of anilines is 1. The van der Waals surface area contributed by atoms with Crippen LogP contribution in [0.5, 0.6) is 11.5 Å². The Hall–Kier alpha value is -2.63. The van der Waals surface area contributed by atoms with Crippen molar-refractivity contribution in [2.45, 2.75) is 6.42 Å². The summed E-state index contributed by atoms with van der Waals surface area (Å²) in [6, 6.07) is 6.88. The SMILES string of the molecule is O=C(NCCc1ccoc1)Nc1ccc2c(c1)OCO2. The number of nitrogens with one attached hydrogen (secondary N) is 2. The summed E-state index contributed by atoms with van der Waals surface area (Å²) in [6.07, 6.45) is 4.00. The highest BCUT2D eigenvalue weighted by atomic mass is 16.7. The van der Waals surface area contributed by atoms with Gasteiger partial charge in [0, 0.05) is 18.3 Å². The molecular formula is C14H14N2O4. The van der Waals surface area contributed by atoms with Crippen LogP contribution in [0.2, 0.25) is 0 Å². The molecule has 1 aliphatic heterocycles. The first-order valence-electron chi connectivity index (χ1n) is 6.27. The van der Waals surface area contributed by atoms with Gasteiger partial charge in [-0.1, -0.05) is 0 Å². The molecule has 0 fully saturated rings. The van der Waals surface area contributed by atoms with Gasteiger partial charge in [-0.3, -0.25) is 0 Å². The van der Waals surface area contributed by atoms with Gasteiger partial charge in [0.1, 0.15) is 0 Å². The third-order valence-corrected chi connectivity index (χ3v) is 2.91. The lowest BCUT2D eigenvalue weighted by Gasteiger charge is -2.07. The first-order valence-corrected chi connectivity index (χ1v) is 6.27. The molecule has 0 radical (unpaired) electrons. The van der Waals surface area contributed by atoms with Crippen molar-refractivity contribution in [1.82, 2.24) is 5.32 Å². The van der Waals surface area contributed by atoms with E-state index < -0.39 is 0 Å². The summed E-state index contributed by atoms with van der Waals surface area (Å²) in [7, 11) is 0. The molecule has 2 N–H and O–H groups in total. The molecule has 6 nitrogen and oxygen atoms in total. The zero-order valence-electron chi connectivity index (χ0n) is 10.7. The molecule has 2 amide bonds. The number of benzene rings is 1. The number of furan rings is 1. The zero-order valence-corrected chi connectivity index (χ0v) is 10.7. The Morgan fingerprint density at radius 1 is 1.20 bits per heavy atom. The molecule has 3 rings (SSSR count). The van der Waals surface area contributed by atoms with Crippen molar-refractivity contribution in [1.29, 1.82) is 0 Å². The largest absolute Gasteiger partial charge is 0.472 e. The smallest absolute Gasteiger partial charge is 0.319 e. The third kappa shape index (κ3) is 2.85. The van der Waals surface area contributed by atoms with E-state index in [-0.39, 0.29) is 12.8 Å². The molecule has 0 atom stereocenters. The summed E-state index contributed by atoms with van der Waals surface area (Å²) in [5.74, 6) is 1.33. The molecule has 1 aliphatic rings. The Kier molecular flexibility index (Phi) is 3.45.